The Morgan fingerprint density at radius 1 is 1.40 bits per heavy atom. The highest BCUT2D eigenvalue weighted by Crippen LogP contribution is 2.33. The fraction of sp³-hybridized carbons (Fsp3) is 0.500. The molecule has 2 fully saturated rings. The van der Waals surface area contributed by atoms with E-state index in [0.717, 1.165) is 37.1 Å². The number of rotatable bonds is 6. The SMILES string of the molecule is NC(=O)c1csc(CN2CCCC2c2nc(C(=O)NC3CC3)no2)c1. The van der Waals surface area contributed by atoms with Crippen molar-refractivity contribution in [2.75, 3.05) is 6.54 Å². The predicted molar refractivity (Wildman–Crippen MR) is 90.0 cm³/mol. The summed E-state index contributed by atoms with van der Waals surface area (Å²) < 4.78 is 5.35. The molecule has 0 bridgehead atoms. The first kappa shape index (κ1) is 16.2. The van der Waals surface area contributed by atoms with Gasteiger partial charge in [-0.1, -0.05) is 5.16 Å². The molecule has 25 heavy (non-hydrogen) atoms. The van der Waals surface area contributed by atoms with Crippen LogP contribution in [-0.4, -0.2) is 39.4 Å². The van der Waals surface area contributed by atoms with Crippen LogP contribution in [-0.2, 0) is 6.54 Å². The Morgan fingerprint density at radius 3 is 2.96 bits per heavy atom. The van der Waals surface area contributed by atoms with Crippen molar-refractivity contribution in [2.45, 2.75) is 44.3 Å². The second-order valence-corrected chi connectivity index (χ2v) is 7.49. The number of nitrogens with zero attached hydrogens (tertiary/aromatic N) is 3. The van der Waals surface area contributed by atoms with Crippen LogP contribution in [0.5, 0.6) is 0 Å². The van der Waals surface area contributed by atoms with Gasteiger partial charge in [0.25, 0.3) is 11.7 Å². The Labute approximate surface area is 148 Å². The first-order chi connectivity index (χ1) is 12.1. The molecular formula is C16H19N5O3S. The second-order valence-electron chi connectivity index (χ2n) is 6.50. The van der Waals surface area contributed by atoms with E-state index in [1.165, 1.54) is 11.3 Å². The molecule has 1 atom stereocenters. The van der Waals surface area contributed by atoms with Crippen molar-refractivity contribution in [3.63, 3.8) is 0 Å². The number of aromatic nitrogens is 2. The maximum atomic E-state index is 12.0. The van der Waals surface area contributed by atoms with Crippen LogP contribution in [0.2, 0.25) is 0 Å². The van der Waals surface area contributed by atoms with Gasteiger partial charge in [-0.25, -0.2) is 0 Å². The van der Waals surface area contributed by atoms with Gasteiger partial charge in [0.1, 0.15) is 0 Å². The normalized spacial score (nSPS) is 20.7. The van der Waals surface area contributed by atoms with Crippen LogP contribution < -0.4 is 11.1 Å². The molecule has 4 rings (SSSR count). The van der Waals surface area contributed by atoms with Crippen molar-refractivity contribution in [1.29, 1.82) is 0 Å². The van der Waals surface area contributed by atoms with E-state index >= 15 is 0 Å². The van der Waals surface area contributed by atoms with Gasteiger partial charge in [0.15, 0.2) is 0 Å². The molecule has 1 saturated heterocycles. The fourth-order valence-corrected chi connectivity index (χ4v) is 3.93. The topological polar surface area (TPSA) is 114 Å². The zero-order valence-electron chi connectivity index (χ0n) is 13.6. The molecule has 3 heterocycles. The van der Waals surface area contributed by atoms with E-state index in [1.54, 1.807) is 5.38 Å². The van der Waals surface area contributed by atoms with E-state index in [0.29, 0.717) is 18.0 Å². The number of amides is 2. The number of hydrogen-bond donors (Lipinski definition) is 2. The number of carbonyl (C=O) groups excluding carboxylic acids is 2. The van der Waals surface area contributed by atoms with Crippen molar-refractivity contribution in [2.24, 2.45) is 5.73 Å². The summed E-state index contributed by atoms with van der Waals surface area (Å²) in [6.07, 6.45) is 3.95. The van der Waals surface area contributed by atoms with Gasteiger partial charge in [-0.15, -0.1) is 11.3 Å². The third-order valence-corrected chi connectivity index (χ3v) is 5.42. The lowest BCUT2D eigenvalue weighted by Gasteiger charge is -2.20. The summed E-state index contributed by atoms with van der Waals surface area (Å²) in [5, 5.41) is 8.46. The van der Waals surface area contributed by atoms with Crippen LogP contribution >= 0.6 is 11.3 Å². The van der Waals surface area contributed by atoms with Crippen molar-refractivity contribution < 1.29 is 14.1 Å². The zero-order chi connectivity index (χ0) is 17.4. The minimum absolute atomic E-state index is 0.00546. The first-order valence-corrected chi connectivity index (χ1v) is 9.24. The highest BCUT2D eigenvalue weighted by Gasteiger charge is 2.32. The molecule has 1 aliphatic carbocycles. The Morgan fingerprint density at radius 2 is 2.24 bits per heavy atom. The van der Waals surface area contributed by atoms with E-state index in [2.05, 4.69) is 20.4 Å². The van der Waals surface area contributed by atoms with Crippen LogP contribution in [0, 0.1) is 0 Å². The van der Waals surface area contributed by atoms with Crippen molar-refractivity contribution >= 4 is 23.2 Å². The summed E-state index contributed by atoms with van der Waals surface area (Å²) in [7, 11) is 0. The molecule has 2 aliphatic rings. The summed E-state index contributed by atoms with van der Waals surface area (Å²) in [6.45, 7) is 1.59. The summed E-state index contributed by atoms with van der Waals surface area (Å²) in [6, 6.07) is 2.08. The molecule has 3 N–H and O–H groups in total. The summed E-state index contributed by atoms with van der Waals surface area (Å²) in [4.78, 5) is 30.8. The second kappa shape index (κ2) is 6.57. The van der Waals surface area contributed by atoms with Crippen LogP contribution in [0.1, 0.15) is 63.5 Å². The minimum Gasteiger partial charge on any atom is -0.366 e. The molecule has 1 saturated carbocycles. The number of carbonyl (C=O) groups is 2. The molecule has 8 nitrogen and oxygen atoms in total. The average molecular weight is 361 g/mol. The molecule has 1 unspecified atom stereocenters. The Hall–Kier alpha value is -2.26. The lowest BCUT2D eigenvalue weighted by Crippen LogP contribution is -2.26. The summed E-state index contributed by atoms with van der Waals surface area (Å²) >= 11 is 1.51. The molecule has 0 radical (unpaired) electrons. The summed E-state index contributed by atoms with van der Waals surface area (Å²) in [5.41, 5.74) is 5.84. The highest BCUT2D eigenvalue weighted by molar-refractivity contribution is 7.10. The van der Waals surface area contributed by atoms with Gasteiger partial charge in [-0.05, 0) is 38.3 Å². The largest absolute Gasteiger partial charge is 0.366 e. The molecule has 132 valence electrons. The quantitative estimate of drug-likeness (QED) is 0.805. The number of nitrogens with two attached hydrogens (primary N) is 1. The molecule has 0 spiro atoms. The van der Waals surface area contributed by atoms with Gasteiger partial charge >= 0.3 is 0 Å². The Balaban J connectivity index is 1.44. The molecule has 1 aliphatic heterocycles. The van der Waals surface area contributed by atoms with Crippen LogP contribution in [0.4, 0.5) is 0 Å². The van der Waals surface area contributed by atoms with E-state index in [4.69, 9.17) is 10.3 Å². The van der Waals surface area contributed by atoms with Crippen LogP contribution in [0.3, 0.4) is 0 Å². The molecule has 2 amide bonds. The van der Waals surface area contributed by atoms with Crippen molar-refractivity contribution in [3.05, 3.63) is 33.6 Å². The van der Waals surface area contributed by atoms with Crippen LogP contribution in [0.25, 0.3) is 0 Å². The van der Waals surface area contributed by atoms with Gasteiger partial charge in [-0.2, -0.15) is 4.98 Å². The Kier molecular flexibility index (Phi) is 4.26. The number of thiophene rings is 1. The average Bonchev–Trinajstić information content (AvgIpc) is 3.01. The minimum atomic E-state index is -0.413. The maximum Gasteiger partial charge on any atom is 0.292 e. The van der Waals surface area contributed by atoms with Gasteiger partial charge in [0.05, 0.1) is 11.6 Å². The number of primary amides is 1. The third kappa shape index (κ3) is 3.57. The number of hydrogen-bond acceptors (Lipinski definition) is 7. The van der Waals surface area contributed by atoms with E-state index < -0.39 is 5.91 Å². The summed E-state index contributed by atoms with van der Waals surface area (Å²) in [5.74, 6) is -0.110. The molecule has 2 aromatic heterocycles. The predicted octanol–water partition coefficient (Wildman–Crippen LogP) is 1.46. The molecular weight excluding hydrogens is 342 g/mol. The van der Waals surface area contributed by atoms with Crippen LogP contribution in [0.15, 0.2) is 16.0 Å². The first-order valence-electron chi connectivity index (χ1n) is 8.36. The number of nitrogens with one attached hydrogen (secondary N) is 1. The zero-order valence-corrected chi connectivity index (χ0v) is 14.4. The lowest BCUT2D eigenvalue weighted by molar-refractivity contribution is 0.0936. The van der Waals surface area contributed by atoms with E-state index in [-0.39, 0.29) is 23.8 Å². The Bertz CT molecular complexity index is 797. The monoisotopic (exact) mass is 361 g/mol. The lowest BCUT2D eigenvalue weighted by atomic mass is 10.2. The standard InChI is InChI=1S/C16H19N5O3S/c17-13(22)9-6-11(25-8-9)7-21-5-1-2-12(21)16-19-14(20-24-16)15(23)18-10-3-4-10/h6,8,10,12H,1-5,7H2,(H2,17,22)(H,18,23). The van der Waals surface area contributed by atoms with Gasteiger partial charge in [0.2, 0.25) is 11.8 Å². The van der Waals surface area contributed by atoms with Crippen molar-refractivity contribution in [1.82, 2.24) is 20.4 Å². The maximum absolute atomic E-state index is 12.0. The molecule has 9 heteroatoms. The van der Waals surface area contributed by atoms with Gasteiger partial charge in [0, 0.05) is 22.8 Å². The third-order valence-electron chi connectivity index (χ3n) is 4.50. The fourth-order valence-electron chi connectivity index (χ4n) is 3.03. The van der Waals surface area contributed by atoms with Gasteiger partial charge in [-0.3, -0.25) is 14.5 Å². The van der Waals surface area contributed by atoms with E-state index in [1.807, 2.05) is 6.07 Å². The van der Waals surface area contributed by atoms with Crippen molar-refractivity contribution in [3.8, 4) is 0 Å². The van der Waals surface area contributed by atoms with Gasteiger partial charge < -0.3 is 15.6 Å². The molecule has 2 aromatic rings. The highest BCUT2D eigenvalue weighted by atomic mass is 32.1. The van der Waals surface area contributed by atoms with E-state index in [9.17, 15) is 9.59 Å². The molecule has 0 aromatic carbocycles. The number of likely N-dealkylation sites (tertiary alicyclic amines) is 1. The smallest absolute Gasteiger partial charge is 0.292 e.